The summed E-state index contributed by atoms with van der Waals surface area (Å²) >= 11 is 0. The Kier molecular flexibility index (Phi) is 3.09. The van der Waals surface area contributed by atoms with Crippen molar-refractivity contribution in [2.24, 2.45) is 5.92 Å². The van der Waals surface area contributed by atoms with Gasteiger partial charge in [-0.3, -0.25) is 0 Å². The van der Waals surface area contributed by atoms with E-state index >= 15 is 0 Å². The summed E-state index contributed by atoms with van der Waals surface area (Å²) in [5, 5.41) is 19.3. The molecule has 2 N–H and O–H groups in total. The van der Waals surface area contributed by atoms with E-state index in [1.54, 1.807) is 27.7 Å². The first-order valence-corrected chi connectivity index (χ1v) is 4.14. The fraction of sp³-hybridized carbons (Fsp3) is 1.00. The fourth-order valence-corrected chi connectivity index (χ4v) is 1.86. The monoisotopic (exact) mass is 160 g/mol. The second kappa shape index (κ2) is 3.11. The van der Waals surface area contributed by atoms with E-state index in [1.807, 2.05) is 6.92 Å². The van der Waals surface area contributed by atoms with Crippen molar-refractivity contribution >= 4 is 0 Å². The predicted molar refractivity (Wildman–Crippen MR) is 46.4 cm³/mol. The first kappa shape index (κ1) is 10.9. The minimum Gasteiger partial charge on any atom is -0.390 e. The van der Waals surface area contributed by atoms with Crippen molar-refractivity contribution < 1.29 is 10.2 Å². The highest BCUT2D eigenvalue weighted by molar-refractivity contribution is 4.87. The van der Waals surface area contributed by atoms with Gasteiger partial charge in [-0.15, -0.1) is 0 Å². The van der Waals surface area contributed by atoms with Gasteiger partial charge in [-0.05, 0) is 34.1 Å². The van der Waals surface area contributed by atoms with Crippen molar-refractivity contribution in [3.05, 3.63) is 0 Å². The van der Waals surface area contributed by atoms with Crippen LogP contribution in [-0.4, -0.2) is 21.4 Å². The zero-order chi connectivity index (χ0) is 9.28. The molecule has 11 heavy (non-hydrogen) atoms. The van der Waals surface area contributed by atoms with Crippen LogP contribution in [0.3, 0.4) is 0 Å². The number of hydrogen-bond acceptors (Lipinski definition) is 2. The lowest BCUT2D eigenvalue weighted by Gasteiger charge is -2.37. The van der Waals surface area contributed by atoms with E-state index < -0.39 is 11.2 Å². The molecule has 0 saturated carbocycles. The smallest absolute Gasteiger partial charge is 0.0646 e. The molecule has 2 heteroatoms. The van der Waals surface area contributed by atoms with Gasteiger partial charge in [0.2, 0.25) is 0 Å². The van der Waals surface area contributed by atoms with Crippen LogP contribution in [0.2, 0.25) is 0 Å². The number of aliphatic hydroxyl groups is 2. The molecule has 0 amide bonds. The van der Waals surface area contributed by atoms with E-state index in [-0.39, 0.29) is 5.92 Å². The highest BCUT2D eigenvalue weighted by Gasteiger charge is 2.36. The van der Waals surface area contributed by atoms with Crippen molar-refractivity contribution in [1.29, 1.82) is 0 Å². The number of rotatable bonds is 3. The molecule has 0 aliphatic carbocycles. The molecule has 0 atom stereocenters. The van der Waals surface area contributed by atoms with Crippen LogP contribution < -0.4 is 0 Å². The van der Waals surface area contributed by atoms with E-state index in [4.69, 9.17) is 0 Å². The van der Waals surface area contributed by atoms with Gasteiger partial charge in [-0.2, -0.15) is 0 Å². The van der Waals surface area contributed by atoms with Gasteiger partial charge in [0.25, 0.3) is 0 Å². The van der Waals surface area contributed by atoms with Crippen LogP contribution >= 0.6 is 0 Å². The zero-order valence-corrected chi connectivity index (χ0v) is 8.18. The molecule has 0 rings (SSSR count). The van der Waals surface area contributed by atoms with E-state index in [1.165, 1.54) is 0 Å². The van der Waals surface area contributed by atoms with E-state index in [0.29, 0.717) is 0 Å². The summed E-state index contributed by atoms with van der Waals surface area (Å²) in [6.45, 7) is 8.91. The molecule has 0 fully saturated rings. The van der Waals surface area contributed by atoms with Gasteiger partial charge in [0.1, 0.15) is 0 Å². The average molecular weight is 160 g/mol. The van der Waals surface area contributed by atoms with Crippen LogP contribution in [0.5, 0.6) is 0 Å². The molecule has 0 aromatic heterocycles. The summed E-state index contributed by atoms with van der Waals surface area (Å²) < 4.78 is 0. The zero-order valence-electron chi connectivity index (χ0n) is 8.18. The van der Waals surface area contributed by atoms with Crippen molar-refractivity contribution in [1.82, 2.24) is 0 Å². The third kappa shape index (κ3) is 3.21. The summed E-state index contributed by atoms with van der Waals surface area (Å²) in [6, 6.07) is 0. The minimum atomic E-state index is -0.799. The maximum atomic E-state index is 9.65. The summed E-state index contributed by atoms with van der Waals surface area (Å²) in [5.41, 5.74) is -1.60. The van der Waals surface area contributed by atoms with Crippen LogP contribution in [0, 0.1) is 5.92 Å². The van der Waals surface area contributed by atoms with E-state index in [2.05, 4.69) is 0 Å². The lowest BCUT2D eigenvalue weighted by Crippen LogP contribution is -2.44. The second-order valence-electron chi connectivity index (χ2n) is 4.27. The minimum absolute atomic E-state index is 0.0741. The molecule has 0 radical (unpaired) electrons. The normalized spacial score (nSPS) is 14.2. The molecule has 0 saturated heterocycles. The molecule has 0 aromatic rings. The Morgan fingerprint density at radius 1 is 1.00 bits per heavy atom. The molecular weight excluding hydrogens is 140 g/mol. The van der Waals surface area contributed by atoms with Crippen molar-refractivity contribution in [2.45, 2.75) is 52.2 Å². The molecule has 0 aromatic carbocycles. The maximum Gasteiger partial charge on any atom is 0.0646 e. The van der Waals surface area contributed by atoms with Gasteiger partial charge in [0.15, 0.2) is 0 Å². The van der Waals surface area contributed by atoms with E-state index in [9.17, 15) is 10.2 Å². The van der Waals surface area contributed by atoms with Crippen LogP contribution in [0.15, 0.2) is 0 Å². The molecule has 0 bridgehead atoms. The van der Waals surface area contributed by atoms with Gasteiger partial charge >= 0.3 is 0 Å². The lowest BCUT2D eigenvalue weighted by molar-refractivity contribution is -0.0916. The maximum absolute atomic E-state index is 9.65. The van der Waals surface area contributed by atoms with Gasteiger partial charge < -0.3 is 10.2 Å². The van der Waals surface area contributed by atoms with Crippen molar-refractivity contribution in [3.63, 3.8) is 0 Å². The van der Waals surface area contributed by atoms with Gasteiger partial charge in [-0.1, -0.05) is 6.92 Å². The molecule has 2 nitrogen and oxygen atoms in total. The van der Waals surface area contributed by atoms with Gasteiger partial charge in [-0.25, -0.2) is 0 Å². The lowest BCUT2D eigenvalue weighted by atomic mass is 9.77. The van der Waals surface area contributed by atoms with Crippen LogP contribution in [0.25, 0.3) is 0 Å². The largest absolute Gasteiger partial charge is 0.390 e. The molecule has 0 spiro atoms. The predicted octanol–water partition coefficient (Wildman–Crippen LogP) is 1.55. The first-order chi connectivity index (χ1) is 4.69. The van der Waals surface area contributed by atoms with Gasteiger partial charge in [0, 0.05) is 5.92 Å². The Labute approximate surface area is 69.2 Å². The standard InChI is InChI=1S/C9H20O2/c1-6-7(8(2,3)10)9(4,5)11/h7,10-11H,6H2,1-5H3. The van der Waals surface area contributed by atoms with E-state index in [0.717, 1.165) is 6.42 Å². The second-order valence-corrected chi connectivity index (χ2v) is 4.27. The van der Waals surface area contributed by atoms with Gasteiger partial charge in [0.05, 0.1) is 11.2 Å². The SMILES string of the molecule is CCC(C(C)(C)O)C(C)(C)O. The van der Waals surface area contributed by atoms with Crippen LogP contribution in [0.4, 0.5) is 0 Å². The molecular formula is C9H20O2. The Morgan fingerprint density at radius 2 is 1.27 bits per heavy atom. The third-order valence-electron chi connectivity index (χ3n) is 2.11. The first-order valence-electron chi connectivity index (χ1n) is 4.14. The Bertz CT molecular complexity index is 103. The van der Waals surface area contributed by atoms with Crippen LogP contribution in [0.1, 0.15) is 41.0 Å². The summed E-state index contributed by atoms with van der Waals surface area (Å²) in [7, 11) is 0. The molecule has 68 valence electrons. The summed E-state index contributed by atoms with van der Waals surface area (Å²) in [6.07, 6.45) is 0.785. The summed E-state index contributed by atoms with van der Waals surface area (Å²) in [4.78, 5) is 0. The third-order valence-corrected chi connectivity index (χ3v) is 2.11. The fourth-order valence-electron chi connectivity index (χ4n) is 1.86. The topological polar surface area (TPSA) is 40.5 Å². The van der Waals surface area contributed by atoms with Crippen molar-refractivity contribution in [2.75, 3.05) is 0 Å². The average Bonchev–Trinajstić information content (AvgIpc) is 1.56. The molecule has 0 aliphatic rings. The molecule has 0 heterocycles. The van der Waals surface area contributed by atoms with Crippen molar-refractivity contribution in [3.8, 4) is 0 Å². The number of hydrogen-bond donors (Lipinski definition) is 2. The Balaban J connectivity index is 4.43. The van der Waals surface area contributed by atoms with Crippen LogP contribution in [-0.2, 0) is 0 Å². The Hall–Kier alpha value is -0.0800. The highest BCUT2D eigenvalue weighted by Crippen LogP contribution is 2.30. The molecule has 0 unspecified atom stereocenters. The Morgan fingerprint density at radius 3 is 1.27 bits per heavy atom. The molecule has 0 aliphatic heterocycles. The summed E-state index contributed by atoms with van der Waals surface area (Å²) in [5.74, 6) is -0.0741. The quantitative estimate of drug-likeness (QED) is 0.657. The highest BCUT2D eigenvalue weighted by atomic mass is 16.3.